The van der Waals surface area contributed by atoms with E-state index >= 15 is 0 Å². The minimum absolute atomic E-state index is 0.0320. The summed E-state index contributed by atoms with van der Waals surface area (Å²) in [4.78, 5) is 22.2. The highest BCUT2D eigenvalue weighted by molar-refractivity contribution is 5.76. The molecule has 1 aromatic rings. The summed E-state index contributed by atoms with van der Waals surface area (Å²) in [5.74, 6) is 2.52. The molecule has 0 aliphatic carbocycles. The Morgan fingerprint density at radius 3 is 2.60 bits per heavy atom. The van der Waals surface area contributed by atoms with Crippen LogP contribution in [0.4, 0.5) is 11.6 Å². The minimum atomic E-state index is 0.0320. The molecule has 1 heterocycles. The average molecular weight is 279 g/mol. The molecule has 0 fully saturated rings. The lowest BCUT2D eigenvalue weighted by Gasteiger charge is -2.21. The monoisotopic (exact) mass is 279 g/mol. The summed E-state index contributed by atoms with van der Waals surface area (Å²) >= 11 is 0. The molecule has 2 N–H and O–H groups in total. The molecule has 0 spiro atoms. The maximum absolute atomic E-state index is 11.3. The van der Waals surface area contributed by atoms with Crippen LogP contribution < -0.4 is 15.5 Å². The van der Waals surface area contributed by atoms with Crippen LogP contribution in [0.5, 0.6) is 0 Å². The molecule has 0 aromatic carbocycles. The topological polar surface area (TPSA) is 70.2 Å². The van der Waals surface area contributed by atoms with E-state index < -0.39 is 0 Å². The maximum atomic E-state index is 11.3. The second-order valence-corrected chi connectivity index (χ2v) is 4.84. The Hall–Kier alpha value is -1.85. The van der Waals surface area contributed by atoms with E-state index in [4.69, 9.17) is 0 Å². The van der Waals surface area contributed by atoms with Gasteiger partial charge in [-0.2, -0.15) is 0 Å². The van der Waals surface area contributed by atoms with E-state index in [-0.39, 0.29) is 5.91 Å². The van der Waals surface area contributed by atoms with Crippen molar-refractivity contribution in [1.29, 1.82) is 0 Å². The normalized spacial score (nSPS) is 10.2. The third kappa shape index (κ3) is 4.36. The summed E-state index contributed by atoms with van der Waals surface area (Å²) in [6.45, 7) is 7.52. The van der Waals surface area contributed by atoms with Gasteiger partial charge < -0.3 is 15.5 Å². The Bertz CT molecular complexity index is 461. The van der Waals surface area contributed by atoms with E-state index in [2.05, 4.69) is 27.5 Å². The van der Waals surface area contributed by atoms with Crippen LogP contribution >= 0.6 is 0 Å². The number of carbonyl (C=O) groups excluding carboxylic acids is 1. The second kappa shape index (κ2) is 7.67. The third-order valence-electron chi connectivity index (χ3n) is 3.09. The van der Waals surface area contributed by atoms with E-state index in [0.717, 1.165) is 36.0 Å². The standard InChI is InChI=1S/C14H25N5O/c1-6-8-16-13-10(2)14(18-11(3)17-13)19(5)9-7-12(20)15-4/h6-9H2,1-5H3,(H,15,20)(H,16,17,18). The minimum Gasteiger partial charge on any atom is -0.370 e. The zero-order valence-electron chi connectivity index (χ0n) is 13.1. The Kier molecular flexibility index (Phi) is 6.21. The van der Waals surface area contributed by atoms with Gasteiger partial charge in [0.1, 0.15) is 17.5 Å². The summed E-state index contributed by atoms with van der Waals surface area (Å²) in [5, 5.41) is 5.94. The lowest BCUT2D eigenvalue weighted by Crippen LogP contribution is -2.28. The number of aryl methyl sites for hydroxylation is 1. The number of nitrogens with zero attached hydrogens (tertiary/aromatic N) is 3. The summed E-state index contributed by atoms with van der Waals surface area (Å²) in [5.41, 5.74) is 1.02. The Labute approximate surface area is 121 Å². The Morgan fingerprint density at radius 2 is 2.00 bits per heavy atom. The summed E-state index contributed by atoms with van der Waals surface area (Å²) in [6.07, 6.45) is 1.50. The van der Waals surface area contributed by atoms with Crippen LogP contribution in [0.3, 0.4) is 0 Å². The van der Waals surface area contributed by atoms with E-state index in [1.54, 1.807) is 7.05 Å². The van der Waals surface area contributed by atoms with Crippen LogP contribution in [0.1, 0.15) is 31.2 Å². The molecule has 0 radical (unpaired) electrons. The molecule has 0 aliphatic rings. The average Bonchev–Trinajstić information content (AvgIpc) is 2.44. The first-order valence-corrected chi connectivity index (χ1v) is 7.00. The molecule has 0 atom stereocenters. The number of aromatic nitrogens is 2. The molecule has 6 nitrogen and oxygen atoms in total. The molecule has 20 heavy (non-hydrogen) atoms. The molecule has 112 valence electrons. The van der Waals surface area contributed by atoms with Gasteiger partial charge in [-0.3, -0.25) is 4.79 Å². The van der Waals surface area contributed by atoms with Crippen LogP contribution in [0.25, 0.3) is 0 Å². The molecule has 0 bridgehead atoms. The highest BCUT2D eigenvalue weighted by atomic mass is 16.1. The zero-order valence-corrected chi connectivity index (χ0v) is 13.1. The third-order valence-corrected chi connectivity index (χ3v) is 3.09. The lowest BCUT2D eigenvalue weighted by atomic mass is 10.2. The molecule has 1 rings (SSSR count). The Balaban J connectivity index is 2.87. The van der Waals surface area contributed by atoms with Gasteiger partial charge in [-0.15, -0.1) is 0 Å². The van der Waals surface area contributed by atoms with E-state index in [1.165, 1.54) is 0 Å². The number of anilines is 2. The number of rotatable bonds is 7. The molecule has 0 aliphatic heterocycles. The quantitative estimate of drug-likeness (QED) is 0.791. The molecular formula is C14H25N5O. The fourth-order valence-electron chi connectivity index (χ4n) is 1.90. The first kappa shape index (κ1) is 16.2. The predicted octanol–water partition coefficient (Wildman–Crippen LogP) is 1.49. The fourth-order valence-corrected chi connectivity index (χ4v) is 1.90. The van der Waals surface area contributed by atoms with Crippen molar-refractivity contribution in [2.45, 2.75) is 33.6 Å². The number of nitrogens with one attached hydrogen (secondary N) is 2. The zero-order chi connectivity index (χ0) is 15.1. The van der Waals surface area contributed by atoms with E-state index in [0.29, 0.717) is 13.0 Å². The highest BCUT2D eigenvalue weighted by Gasteiger charge is 2.13. The van der Waals surface area contributed by atoms with E-state index in [9.17, 15) is 4.79 Å². The van der Waals surface area contributed by atoms with Gasteiger partial charge in [0, 0.05) is 39.2 Å². The summed E-state index contributed by atoms with van der Waals surface area (Å²) in [7, 11) is 3.59. The second-order valence-electron chi connectivity index (χ2n) is 4.84. The van der Waals surface area contributed by atoms with Crippen LogP contribution in [0.15, 0.2) is 0 Å². The van der Waals surface area contributed by atoms with Gasteiger partial charge >= 0.3 is 0 Å². The van der Waals surface area contributed by atoms with Crippen molar-refractivity contribution in [3.8, 4) is 0 Å². The summed E-state index contributed by atoms with van der Waals surface area (Å²) in [6, 6.07) is 0. The van der Waals surface area contributed by atoms with Crippen LogP contribution in [-0.2, 0) is 4.79 Å². The first-order chi connectivity index (χ1) is 9.49. The van der Waals surface area contributed by atoms with Gasteiger partial charge in [-0.1, -0.05) is 6.92 Å². The van der Waals surface area contributed by atoms with Gasteiger partial charge in [0.2, 0.25) is 5.91 Å². The molecule has 6 heteroatoms. The SMILES string of the molecule is CCCNc1nc(C)nc(N(C)CCC(=O)NC)c1C. The van der Waals surface area contributed by atoms with Gasteiger partial charge in [-0.25, -0.2) is 9.97 Å². The van der Waals surface area contributed by atoms with Crippen molar-refractivity contribution in [2.24, 2.45) is 0 Å². The molecule has 1 aromatic heterocycles. The van der Waals surface area contributed by atoms with Crippen LogP contribution in [0.2, 0.25) is 0 Å². The predicted molar refractivity (Wildman–Crippen MR) is 82.2 cm³/mol. The molecule has 0 unspecified atom stereocenters. The van der Waals surface area contributed by atoms with Crippen molar-refractivity contribution < 1.29 is 4.79 Å². The van der Waals surface area contributed by atoms with Gasteiger partial charge in [-0.05, 0) is 20.3 Å². The molecule has 0 saturated carbocycles. The molecule has 1 amide bonds. The molecule has 0 saturated heterocycles. The van der Waals surface area contributed by atoms with Crippen molar-refractivity contribution in [2.75, 3.05) is 37.4 Å². The largest absolute Gasteiger partial charge is 0.370 e. The van der Waals surface area contributed by atoms with Crippen molar-refractivity contribution in [1.82, 2.24) is 15.3 Å². The van der Waals surface area contributed by atoms with E-state index in [1.807, 2.05) is 25.8 Å². The van der Waals surface area contributed by atoms with Gasteiger partial charge in [0.05, 0.1) is 0 Å². The van der Waals surface area contributed by atoms with Crippen LogP contribution in [-0.4, -0.2) is 43.1 Å². The van der Waals surface area contributed by atoms with Crippen molar-refractivity contribution in [3.05, 3.63) is 11.4 Å². The summed E-state index contributed by atoms with van der Waals surface area (Å²) < 4.78 is 0. The molecular weight excluding hydrogens is 254 g/mol. The van der Waals surface area contributed by atoms with Crippen LogP contribution in [0, 0.1) is 13.8 Å². The number of carbonyl (C=O) groups is 1. The lowest BCUT2D eigenvalue weighted by molar-refractivity contribution is -0.120. The fraction of sp³-hybridized carbons (Fsp3) is 0.643. The maximum Gasteiger partial charge on any atom is 0.221 e. The highest BCUT2D eigenvalue weighted by Crippen LogP contribution is 2.22. The number of hydrogen-bond donors (Lipinski definition) is 2. The number of hydrogen-bond acceptors (Lipinski definition) is 5. The smallest absolute Gasteiger partial charge is 0.221 e. The van der Waals surface area contributed by atoms with Crippen molar-refractivity contribution in [3.63, 3.8) is 0 Å². The first-order valence-electron chi connectivity index (χ1n) is 7.00. The Morgan fingerprint density at radius 1 is 1.30 bits per heavy atom. The van der Waals surface area contributed by atoms with Gasteiger partial charge in [0.25, 0.3) is 0 Å². The van der Waals surface area contributed by atoms with Gasteiger partial charge in [0.15, 0.2) is 0 Å². The van der Waals surface area contributed by atoms with Crippen molar-refractivity contribution >= 4 is 17.5 Å². The number of amides is 1.